The smallest absolute Gasteiger partial charge is 0.283 e. The lowest BCUT2D eigenvalue weighted by Gasteiger charge is -2.32. The number of aromatic nitrogens is 7. The van der Waals surface area contributed by atoms with E-state index in [1.165, 1.54) is 18.5 Å². The molecule has 202 valence electrons. The highest BCUT2D eigenvalue weighted by atomic mass is 19.4. The van der Waals surface area contributed by atoms with E-state index < -0.39 is 11.6 Å². The van der Waals surface area contributed by atoms with Gasteiger partial charge in [0, 0.05) is 5.69 Å². The number of fused-ring (bicyclic) bond motifs is 2. The molecule has 0 amide bonds. The molecule has 2 aromatic carbocycles. The fourth-order valence-electron chi connectivity index (χ4n) is 4.80. The van der Waals surface area contributed by atoms with Crippen LogP contribution in [0.3, 0.4) is 0 Å². The van der Waals surface area contributed by atoms with Crippen LogP contribution < -0.4 is 0 Å². The quantitative estimate of drug-likeness (QED) is 0.229. The summed E-state index contributed by atoms with van der Waals surface area (Å²) in [7, 11) is 0. The van der Waals surface area contributed by atoms with Crippen molar-refractivity contribution >= 4 is 22.1 Å². The van der Waals surface area contributed by atoms with Gasteiger partial charge in [0.2, 0.25) is 5.95 Å². The first-order valence-corrected chi connectivity index (χ1v) is 13.0. The second-order valence-electron chi connectivity index (χ2n) is 10.00. The van der Waals surface area contributed by atoms with Crippen molar-refractivity contribution in [3.63, 3.8) is 0 Å². The summed E-state index contributed by atoms with van der Waals surface area (Å²) in [5, 5.41) is 0. The molecule has 0 N–H and O–H groups in total. The summed E-state index contributed by atoms with van der Waals surface area (Å²) in [6, 6.07) is 20.9. The van der Waals surface area contributed by atoms with Crippen LogP contribution in [0.5, 0.6) is 0 Å². The van der Waals surface area contributed by atoms with E-state index in [1.54, 1.807) is 27.6 Å². The zero-order valence-corrected chi connectivity index (χ0v) is 22.1. The number of hydrogen-bond donors (Lipinski definition) is 0. The fraction of sp³-hybridized carbons (Fsp3) is 0.233. The number of imidazole rings is 2. The lowest BCUT2D eigenvalue weighted by molar-refractivity contribution is -0.175. The summed E-state index contributed by atoms with van der Waals surface area (Å²) in [6.07, 6.45) is -0.913. The minimum atomic E-state index is -4.72. The Kier molecular flexibility index (Phi) is 6.13. The molecule has 4 aromatic heterocycles. The highest BCUT2D eigenvalue weighted by molar-refractivity contribution is 5.77. The molecule has 0 aliphatic carbocycles. The van der Waals surface area contributed by atoms with Gasteiger partial charge in [0.25, 0.3) is 0 Å². The predicted molar refractivity (Wildman–Crippen MR) is 147 cm³/mol. The summed E-state index contributed by atoms with van der Waals surface area (Å²) < 4.78 is 48.9. The van der Waals surface area contributed by atoms with Crippen molar-refractivity contribution in [3.05, 3.63) is 103 Å². The number of halogens is 3. The largest absolute Gasteiger partial charge is 0.405 e. The Morgan fingerprint density at radius 2 is 1.38 bits per heavy atom. The number of alkyl halides is 3. The van der Waals surface area contributed by atoms with Crippen LogP contribution in [0.1, 0.15) is 50.2 Å². The van der Waals surface area contributed by atoms with Crippen LogP contribution in [-0.2, 0) is 5.41 Å². The van der Waals surface area contributed by atoms with Crippen LogP contribution in [0.25, 0.3) is 33.8 Å². The molecule has 6 rings (SSSR count). The van der Waals surface area contributed by atoms with Crippen molar-refractivity contribution in [2.45, 2.75) is 44.7 Å². The van der Waals surface area contributed by atoms with Crippen molar-refractivity contribution in [1.82, 2.24) is 34.1 Å². The van der Waals surface area contributed by atoms with Gasteiger partial charge in [0.1, 0.15) is 23.9 Å². The molecule has 0 aliphatic rings. The molecule has 0 saturated carbocycles. The van der Waals surface area contributed by atoms with E-state index in [0.29, 0.717) is 29.0 Å². The minimum absolute atomic E-state index is 0.0932. The molecule has 2 atom stereocenters. The van der Waals surface area contributed by atoms with E-state index in [4.69, 9.17) is 4.98 Å². The third kappa shape index (κ3) is 4.11. The van der Waals surface area contributed by atoms with Gasteiger partial charge in [0.15, 0.2) is 0 Å². The number of rotatable bonds is 6. The van der Waals surface area contributed by atoms with Gasteiger partial charge in [-0.15, -0.1) is 0 Å². The van der Waals surface area contributed by atoms with Crippen LogP contribution in [-0.4, -0.2) is 40.2 Å². The molecule has 2 unspecified atom stereocenters. The number of nitrogens with zero attached hydrogens (tertiary/aromatic N) is 7. The Morgan fingerprint density at radius 3 is 2.02 bits per heavy atom. The first-order chi connectivity index (χ1) is 19.2. The van der Waals surface area contributed by atoms with Crippen LogP contribution >= 0.6 is 0 Å². The maximum atomic E-state index is 15.2. The van der Waals surface area contributed by atoms with Crippen molar-refractivity contribution in [3.8, 4) is 11.8 Å². The average Bonchev–Trinajstić information content (AvgIpc) is 3.60. The number of benzene rings is 2. The van der Waals surface area contributed by atoms with Gasteiger partial charge in [-0.1, -0.05) is 44.2 Å². The summed E-state index contributed by atoms with van der Waals surface area (Å²) in [6.45, 7) is 5.04. The van der Waals surface area contributed by atoms with Gasteiger partial charge in [-0.2, -0.15) is 13.2 Å². The summed E-state index contributed by atoms with van der Waals surface area (Å²) in [5.41, 5.74) is 0.500. The Bertz CT molecular complexity index is 1840. The Balaban J connectivity index is 1.57. The standard InChI is InChI=1S/C30H26F3N7/c1-4-19(2)22-16-26(38-28(36-22)40-18-35-21-11-6-8-13-24(21)40)29(3,30(31,32)33)25-14-9-15-27(37-25)39-17-34-20-10-5-7-12-23(20)39/h5-19H,4H2,1-3H3. The van der Waals surface area contributed by atoms with E-state index in [1.807, 2.05) is 62.4 Å². The van der Waals surface area contributed by atoms with Gasteiger partial charge in [-0.05, 0) is 61.7 Å². The first kappa shape index (κ1) is 25.7. The molecular formula is C30H26F3N7. The van der Waals surface area contributed by atoms with Crippen molar-refractivity contribution in [2.24, 2.45) is 0 Å². The van der Waals surface area contributed by atoms with Crippen LogP contribution in [0.4, 0.5) is 13.2 Å². The van der Waals surface area contributed by atoms with Gasteiger partial charge in [-0.25, -0.2) is 24.9 Å². The third-order valence-corrected chi connectivity index (χ3v) is 7.55. The van der Waals surface area contributed by atoms with E-state index in [0.717, 1.165) is 18.0 Å². The fourth-order valence-corrected chi connectivity index (χ4v) is 4.80. The van der Waals surface area contributed by atoms with Gasteiger partial charge in [0.05, 0.1) is 33.5 Å². The number of pyridine rings is 1. The van der Waals surface area contributed by atoms with Crippen molar-refractivity contribution in [2.75, 3.05) is 0 Å². The lowest BCUT2D eigenvalue weighted by Crippen LogP contribution is -2.42. The molecule has 4 heterocycles. The Labute approximate surface area is 228 Å². The third-order valence-electron chi connectivity index (χ3n) is 7.55. The van der Waals surface area contributed by atoms with E-state index in [2.05, 4.69) is 19.9 Å². The molecule has 0 bridgehead atoms. The van der Waals surface area contributed by atoms with Gasteiger partial charge >= 0.3 is 6.18 Å². The molecule has 0 fully saturated rings. The molecule has 0 spiro atoms. The maximum Gasteiger partial charge on any atom is 0.405 e. The topological polar surface area (TPSA) is 74.3 Å². The van der Waals surface area contributed by atoms with E-state index >= 15 is 13.2 Å². The van der Waals surface area contributed by atoms with Crippen LogP contribution in [0.2, 0.25) is 0 Å². The van der Waals surface area contributed by atoms with Crippen molar-refractivity contribution in [1.29, 1.82) is 0 Å². The summed E-state index contributed by atoms with van der Waals surface area (Å²) in [4.78, 5) is 22.5. The lowest BCUT2D eigenvalue weighted by atomic mass is 9.81. The SMILES string of the molecule is CCC(C)c1cc(C(C)(c2cccc(-n3cnc4ccccc43)n2)C(F)(F)F)nc(-n2cnc3ccccc32)n1. The maximum absolute atomic E-state index is 15.2. The molecule has 10 heteroatoms. The first-order valence-electron chi connectivity index (χ1n) is 13.0. The number of para-hydroxylation sites is 4. The molecule has 7 nitrogen and oxygen atoms in total. The summed E-state index contributed by atoms with van der Waals surface area (Å²) in [5.74, 6) is 0.372. The van der Waals surface area contributed by atoms with Crippen LogP contribution in [0.15, 0.2) is 85.5 Å². The molecule has 0 aliphatic heterocycles. The average molecular weight is 542 g/mol. The number of hydrogen-bond acceptors (Lipinski definition) is 5. The molecule has 0 saturated heterocycles. The normalized spacial score (nSPS) is 14.4. The van der Waals surface area contributed by atoms with Crippen LogP contribution in [0, 0.1) is 0 Å². The van der Waals surface area contributed by atoms with Gasteiger partial charge in [-0.3, -0.25) is 9.13 Å². The zero-order valence-electron chi connectivity index (χ0n) is 22.1. The van der Waals surface area contributed by atoms with E-state index in [-0.39, 0.29) is 23.3 Å². The highest BCUT2D eigenvalue weighted by Crippen LogP contribution is 2.45. The van der Waals surface area contributed by atoms with Gasteiger partial charge < -0.3 is 0 Å². The second kappa shape index (κ2) is 9.55. The monoisotopic (exact) mass is 541 g/mol. The molecule has 40 heavy (non-hydrogen) atoms. The zero-order chi connectivity index (χ0) is 28.1. The molecule has 6 aromatic rings. The minimum Gasteiger partial charge on any atom is -0.283 e. The Morgan fingerprint density at radius 1 is 0.750 bits per heavy atom. The van der Waals surface area contributed by atoms with E-state index in [9.17, 15) is 0 Å². The summed E-state index contributed by atoms with van der Waals surface area (Å²) >= 11 is 0. The highest BCUT2D eigenvalue weighted by Gasteiger charge is 2.56. The Hall–Kier alpha value is -4.60. The second-order valence-corrected chi connectivity index (χ2v) is 10.00. The predicted octanol–water partition coefficient (Wildman–Crippen LogP) is 6.93. The molecular weight excluding hydrogens is 515 g/mol. The molecule has 0 radical (unpaired) electrons. The van der Waals surface area contributed by atoms with Crippen molar-refractivity contribution < 1.29 is 13.2 Å².